The number of halogens is 2. The summed E-state index contributed by atoms with van der Waals surface area (Å²) in [4.78, 5) is 4.20. The minimum absolute atomic E-state index is 0.141. The summed E-state index contributed by atoms with van der Waals surface area (Å²) >= 11 is 12.0. The highest BCUT2D eigenvalue weighted by molar-refractivity contribution is 6.34. The van der Waals surface area contributed by atoms with Gasteiger partial charge in [0.25, 0.3) is 0 Å². The minimum atomic E-state index is -0.395. The third-order valence-electron chi connectivity index (χ3n) is 2.74. The second-order valence-corrected chi connectivity index (χ2v) is 5.58. The minimum Gasteiger partial charge on any atom is -0.491 e. The van der Waals surface area contributed by atoms with Gasteiger partial charge in [0.15, 0.2) is 0 Å². The van der Waals surface area contributed by atoms with Crippen LogP contribution in [-0.4, -0.2) is 11.1 Å². The summed E-state index contributed by atoms with van der Waals surface area (Å²) in [6.45, 7) is 3.97. The molecule has 0 radical (unpaired) electrons. The lowest BCUT2D eigenvalue weighted by Crippen LogP contribution is -2.14. The van der Waals surface area contributed by atoms with Gasteiger partial charge in [-0.3, -0.25) is 4.98 Å². The average molecular weight is 311 g/mol. The molecule has 0 amide bonds. The molecule has 2 rings (SSSR count). The number of aromatic nitrogens is 1. The molecule has 0 fully saturated rings. The molecular weight excluding hydrogens is 295 g/mol. The number of benzene rings is 1. The first kappa shape index (κ1) is 15.1. The van der Waals surface area contributed by atoms with Crippen molar-refractivity contribution in [3.63, 3.8) is 0 Å². The Bertz CT molecular complexity index is 585. The highest BCUT2D eigenvalue weighted by Gasteiger charge is 2.14. The maximum atomic E-state index is 6.19. The van der Waals surface area contributed by atoms with Crippen molar-refractivity contribution in [1.29, 1.82) is 0 Å². The summed E-state index contributed by atoms with van der Waals surface area (Å²) in [6, 6.07) is 8.84. The topological polar surface area (TPSA) is 48.1 Å². The van der Waals surface area contributed by atoms with Crippen LogP contribution in [0, 0.1) is 0 Å². The van der Waals surface area contributed by atoms with Crippen LogP contribution in [0.3, 0.4) is 0 Å². The summed E-state index contributed by atoms with van der Waals surface area (Å²) in [6.07, 6.45) is 1.68. The van der Waals surface area contributed by atoms with E-state index in [1.165, 1.54) is 0 Å². The van der Waals surface area contributed by atoms with E-state index in [-0.39, 0.29) is 6.10 Å². The monoisotopic (exact) mass is 310 g/mol. The van der Waals surface area contributed by atoms with E-state index < -0.39 is 6.04 Å². The molecule has 1 heterocycles. The van der Waals surface area contributed by atoms with Gasteiger partial charge in [-0.2, -0.15) is 0 Å². The van der Waals surface area contributed by atoms with Gasteiger partial charge < -0.3 is 10.5 Å². The molecule has 106 valence electrons. The van der Waals surface area contributed by atoms with Gasteiger partial charge in [-0.05, 0) is 37.6 Å². The Labute approximate surface area is 128 Å². The van der Waals surface area contributed by atoms with Crippen molar-refractivity contribution < 1.29 is 4.74 Å². The quantitative estimate of drug-likeness (QED) is 0.919. The van der Waals surface area contributed by atoms with E-state index in [1.54, 1.807) is 12.3 Å². The number of rotatable bonds is 4. The van der Waals surface area contributed by atoms with Gasteiger partial charge in [-0.15, -0.1) is 0 Å². The van der Waals surface area contributed by atoms with Crippen LogP contribution < -0.4 is 10.5 Å². The molecule has 0 saturated heterocycles. The maximum absolute atomic E-state index is 6.19. The number of hydrogen-bond donors (Lipinski definition) is 1. The van der Waals surface area contributed by atoms with E-state index in [1.807, 2.05) is 38.1 Å². The first-order valence-electron chi connectivity index (χ1n) is 6.30. The average Bonchev–Trinajstić information content (AvgIpc) is 2.38. The Morgan fingerprint density at radius 1 is 1.15 bits per heavy atom. The Balaban J connectivity index is 2.22. The van der Waals surface area contributed by atoms with Crippen LogP contribution in [0.1, 0.15) is 31.1 Å². The third-order valence-corrected chi connectivity index (χ3v) is 3.25. The number of nitrogens with zero attached hydrogens (tertiary/aromatic N) is 1. The van der Waals surface area contributed by atoms with Crippen molar-refractivity contribution in [2.24, 2.45) is 5.73 Å². The van der Waals surface area contributed by atoms with Gasteiger partial charge in [0.05, 0.1) is 27.9 Å². The molecule has 5 heteroatoms. The van der Waals surface area contributed by atoms with Crippen molar-refractivity contribution in [3.05, 3.63) is 57.8 Å². The van der Waals surface area contributed by atoms with Crippen molar-refractivity contribution in [3.8, 4) is 5.75 Å². The molecule has 0 bridgehead atoms. The van der Waals surface area contributed by atoms with E-state index in [9.17, 15) is 0 Å². The molecule has 0 spiro atoms. The summed E-state index contributed by atoms with van der Waals surface area (Å²) in [5.41, 5.74) is 7.71. The lowest BCUT2D eigenvalue weighted by Gasteiger charge is -2.15. The summed E-state index contributed by atoms with van der Waals surface area (Å²) in [7, 11) is 0. The van der Waals surface area contributed by atoms with Crippen LogP contribution in [0.25, 0.3) is 0 Å². The Morgan fingerprint density at radius 2 is 1.80 bits per heavy atom. The van der Waals surface area contributed by atoms with Crippen LogP contribution in [0.15, 0.2) is 36.5 Å². The molecule has 1 atom stereocenters. The molecule has 2 N–H and O–H groups in total. The van der Waals surface area contributed by atoms with E-state index in [4.69, 9.17) is 33.7 Å². The van der Waals surface area contributed by atoms with Gasteiger partial charge in [-0.1, -0.05) is 35.3 Å². The SMILES string of the molecule is CC(C)Oc1ccc(C(N)c2ncc(Cl)cc2Cl)cc1. The molecule has 1 aromatic carbocycles. The lowest BCUT2D eigenvalue weighted by molar-refractivity contribution is 0.242. The van der Waals surface area contributed by atoms with Crippen LogP contribution >= 0.6 is 23.2 Å². The van der Waals surface area contributed by atoms with Crippen molar-refractivity contribution in [2.45, 2.75) is 26.0 Å². The number of nitrogens with two attached hydrogens (primary N) is 1. The zero-order valence-corrected chi connectivity index (χ0v) is 12.8. The zero-order chi connectivity index (χ0) is 14.7. The summed E-state index contributed by atoms with van der Waals surface area (Å²) in [5.74, 6) is 0.811. The van der Waals surface area contributed by atoms with Gasteiger partial charge in [0, 0.05) is 6.20 Å². The van der Waals surface area contributed by atoms with Crippen molar-refractivity contribution >= 4 is 23.2 Å². The van der Waals surface area contributed by atoms with E-state index in [0.717, 1.165) is 11.3 Å². The fourth-order valence-electron chi connectivity index (χ4n) is 1.84. The molecule has 20 heavy (non-hydrogen) atoms. The second-order valence-electron chi connectivity index (χ2n) is 4.73. The summed E-state index contributed by atoms with van der Waals surface area (Å²) in [5, 5.41) is 0.958. The van der Waals surface area contributed by atoms with Crippen LogP contribution in [0.2, 0.25) is 10.0 Å². The fourth-order valence-corrected chi connectivity index (χ4v) is 2.34. The highest BCUT2D eigenvalue weighted by atomic mass is 35.5. The molecule has 3 nitrogen and oxygen atoms in total. The van der Waals surface area contributed by atoms with Gasteiger partial charge in [0.2, 0.25) is 0 Å². The lowest BCUT2D eigenvalue weighted by atomic mass is 10.0. The molecule has 1 unspecified atom stereocenters. The molecule has 1 aromatic heterocycles. The van der Waals surface area contributed by atoms with Gasteiger partial charge in [0.1, 0.15) is 5.75 Å². The van der Waals surface area contributed by atoms with Crippen molar-refractivity contribution in [2.75, 3.05) is 0 Å². The van der Waals surface area contributed by atoms with Gasteiger partial charge >= 0.3 is 0 Å². The van der Waals surface area contributed by atoms with Crippen LogP contribution in [0.4, 0.5) is 0 Å². The number of hydrogen-bond acceptors (Lipinski definition) is 3. The zero-order valence-electron chi connectivity index (χ0n) is 11.3. The van der Waals surface area contributed by atoms with E-state index >= 15 is 0 Å². The Hall–Kier alpha value is -1.29. The van der Waals surface area contributed by atoms with Crippen LogP contribution in [0.5, 0.6) is 5.75 Å². The standard InChI is InChI=1S/C15H16Cl2N2O/c1-9(2)20-12-5-3-10(4-6-12)14(18)15-13(17)7-11(16)8-19-15/h3-9,14H,18H2,1-2H3. The third kappa shape index (κ3) is 3.63. The second kappa shape index (κ2) is 6.44. The highest BCUT2D eigenvalue weighted by Crippen LogP contribution is 2.27. The predicted molar refractivity (Wildman–Crippen MR) is 82.5 cm³/mol. The Kier molecular flexibility index (Phi) is 4.86. The molecule has 0 aliphatic carbocycles. The molecule has 0 saturated carbocycles. The molecule has 2 aromatic rings. The predicted octanol–water partition coefficient (Wildman–Crippen LogP) is 4.22. The van der Waals surface area contributed by atoms with Gasteiger partial charge in [-0.25, -0.2) is 0 Å². The number of pyridine rings is 1. The molecular formula is C15H16Cl2N2O. The maximum Gasteiger partial charge on any atom is 0.119 e. The van der Waals surface area contributed by atoms with E-state index in [0.29, 0.717) is 15.7 Å². The van der Waals surface area contributed by atoms with Crippen molar-refractivity contribution in [1.82, 2.24) is 4.98 Å². The smallest absolute Gasteiger partial charge is 0.119 e. The molecule has 0 aliphatic rings. The van der Waals surface area contributed by atoms with Crippen LogP contribution in [-0.2, 0) is 0 Å². The number of ether oxygens (including phenoxy) is 1. The fraction of sp³-hybridized carbons (Fsp3) is 0.267. The summed E-state index contributed by atoms with van der Waals surface area (Å²) < 4.78 is 5.59. The largest absolute Gasteiger partial charge is 0.491 e. The van der Waals surface area contributed by atoms with E-state index in [2.05, 4.69) is 4.98 Å². The normalized spacial score (nSPS) is 12.5. The molecule has 0 aliphatic heterocycles. The first-order valence-corrected chi connectivity index (χ1v) is 7.06. The Morgan fingerprint density at radius 3 is 2.35 bits per heavy atom. The first-order chi connectivity index (χ1) is 9.47.